The van der Waals surface area contributed by atoms with Crippen LogP contribution in [0, 0.1) is 0 Å². The standard InChI is InChI=1S/C24H29N3O2/c1-25-11-13-26(14-12-25)20-7-8-21-19-9-10-27(23(15-19)22(21)16-20)24(28)29-17-18-5-3-2-4-6-18/h2-8,16,19,23H,9-15,17H2,1H3/t19?,23-/m1/s1. The van der Waals surface area contributed by atoms with E-state index in [0.29, 0.717) is 12.5 Å². The van der Waals surface area contributed by atoms with Crippen molar-refractivity contribution in [1.29, 1.82) is 0 Å². The summed E-state index contributed by atoms with van der Waals surface area (Å²) in [7, 11) is 2.18. The summed E-state index contributed by atoms with van der Waals surface area (Å²) in [6.07, 6.45) is 1.87. The number of anilines is 1. The number of likely N-dealkylation sites (N-methyl/N-ethyl adjacent to an activating group) is 1. The second-order valence-electron chi connectivity index (χ2n) is 8.57. The number of piperidine rings is 1. The highest BCUT2D eigenvalue weighted by Gasteiger charge is 2.41. The molecule has 1 aliphatic carbocycles. The molecule has 0 N–H and O–H groups in total. The van der Waals surface area contributed by atoms with Crippen molar-refractivity contribution < 1.29 is 9.53 Å². The average Bonchev–Trinajstić information content (AvgIpc) is 3.05. The molecule has 1 amide bonds. The summed E-state index contributed by atoms with van der Waals surface area (Å²) < 4.78 is 5.66. The van der Waals surface area contributed by atoms with E-state index in [1.165, 1.54) is 16.8 Å². The number of hydrogen-bond acceptors (Lipinski definition) is 4. The smallest absolute Gasteiger partial charge is 0.410 e. The molecule has 29 heavy (non-hydrogen) atoms. The first kappa shape index (κ1) is 18.5. The number of fused-ring (bicyclic) bond motifs is 5. The molecule has 5 nitrogen and oxygen atoms in total. The van der Waals surface area contributed by atoms with E-state index in [-0.39, 0.29) is 12.1 Å². The zero-order valence-electron chi connectivity index (χ0n) is 17.1. The lowest BCUT2D eigenvalue weighted by Crippen LogP contribution is -2.44. The monoisotopic (exact) mass is 391 g/mol. The third-order valence-corrected chi connectivity index (χ3v) is 6.78. The van der Waals surface area contributed by atoms with Gasteiger partial charge in [0.1, 0.15) is 6.61 Å². The van der Waals surface area contributed by atoms with Crippen LogP contribution in [0.1, 0.15) is 41.5 Å². The van der Waals surface area contributed by atoms with E-state index in [4.69, 9.17) is 4.74 Å². The van der Waals surface area contributed by atoms with E-state index < -0.39 is 0 Å². The molecule has 0 saturated carbocycles. The van der Waals surface area contributed by atoms with Gasteiger partial charge in [-0.3, -0.25) is 0 Å². The number of hydrogen-bond donors (Lipinski definition) is 0. The van der Waals surface area contributed by atoms with Gasteiger partial charge in [0.15, 0.2) is 0 Å². The predicted octanol–water partition coefficient (Wildman–Crippen LogP) is 4.01. The maximum absolute atomic E-state index is 12.9. The Morgan fingerprint density at radius 1 is 1.00 bits per heavy atom. The highest BCUT2D eigenvalue weighted by Crippen LogP contribution is 2.50. The van der Waals surface area contributed by atoms with Gasteiger partial charge in [-0.1, -0.05) is 36.4 Å². The number of amides is 1. The summed E-state index contributed by atoms with van der Waals surface area (Å²) in [5, 5.41) is 0. The van der Waals surface area contributed by atoms with Gasteiger partial charge in [0.25, 0.3) is 0 Å². The molecule has 2 bridgehead atoms. The maximum Gasteiger partial charge on any atom is 0.410 e. The highest BCUT2D eigenvalue weighted by atomic mass is 16.6. The normalized spacial score (nSPS) is 23.8. The van der Waals surface area contributed by atoms with Crippen LogP contribution in [0.15, 0.2) is 48.5 Å². The van der Waals surface area contributed by atoms with Crippen LogP contribution in [0.2, 0.25) is 0 Å². The highest BCUT2D eigenvalue weighted by molar-refractivity contribution is 5.70. The number of piperazine rings is 1. The Balaban J connectivity index is 1.32. The van der Waals surface area contributed by atoms with Crippen LogP contribution in [0.5, 0.6) is 0 Å². The molecular formula is C24H29N3O2. The van der Waals surface area contributed by atoms with Crippen molar-refractivity contribution >= 4 is 11.8 Å². The summed E-state index contributed by atoms with van der Waals surface area (Å²) in [5.74, 6) is 0.578. The van der Waals surface area contributed by atoms with Crippen molar-refractivity contribution in [2.24, 2.45) is 0 Å². The molecule has 2 heterocycles. The quantitative estimate of drug-likeness (QED) is 0.792. The van der Waals surface area contributed by atoms with Crippen LogP contribution < -0.4 is 4.90 Å². The first-order chi connectivity index (χ1) is 14.2. The van der Waals surface area contributed by atoms with E-state index in [2.05, 4.69) is 35.0 Å². The maximum atomic E-state index is 12.9. The largest absolute Gasteiger partial charge is 0.445 e. The summed E-state index contributed by atoms with van der Waals surface area (Å²) in [6.45, 7) is 5.43. The first-order valence-corrected chi connectivity index (χ1v) is 10.7. The molecular weight excluding hydrogens is 362 g/mol. The fourth-order valence-electron chi connectivity index (χ4n) is 5.05. The van der Waals surface area contributed by atoms with Gasteiger partial charge in [-0.05, 0) is 54.6 Å². The van der Waals surface area contributed by atoms with Crippen LogP contribution in [-0.2, 0) is 11.3 Å². The topological polar surface area (TPSA) is 36.0 Å². The molecule has 2 aromatic rings. The van der Waals surface area contributed by atoms with Gasteiger partial charge >= 0.3 is 6.09 Å². The van der Waals surface area contributed by atoms with Crippen molar-refractivity contribution in [2.45, 2.75) is 31.4 Å². The zero-order valence-corrected chi connectivity index (χ0v) is 17.1. The second kappa shape index (κ2) is 7.71. The van der Waals surface area contributed by atoms with Gasteiger partial charge in [0, 0.05) is 38.4 Å². The van der Waals surface area contributed by atoms with Gasteiger partial charge in [-0.25, -0.2) is 4.79 Å². The van der Waals surface area contributed by atoms with Crippen molar-refractivity contribution in [3.8, 4) is 0 Å². The SMILES string of the molecule is CN1CCN(c2ccc3c(c2)[C@H]2CC3CCN2C(=O)OCc2ccccc2)CC1. The molecule has 2 saturated heterocycles. The molecule has 1 unspecified atom stereocenters. The molecule has 0 radical (unpaired) electrons. The van der Waals surface area contributed by atoms with Gasteiger partial charge in [0.05, 0.1) is 6.04 Å². The van der Waals surface area contributed by atoms with Gasteiger partial charge < -0.3 is 19.4 Å². The summed E-state index contributed by atoms with van der Waals surface area (Å²) >= 11 is 0. The summed E-state index contributed by atoms with van der Waals surface area (Å²) in [4.78, 5) is 19.7. The number of likely N-dealkylation sites (tertiary alicyclic amines) is 1. The predicted molar refractivity (Wildman–Crippen MR) is 114 cm³/mol. The van der Waals surface area contributed by atoms with Crippen LogP contribution in [-0.4, -0.2) is 55.7 Å². The lowest BCUT2D eigenvalue weighted by atomic mass is 9.96. The van der Waals surface area contributed by atoms with Gasteiger partial charge in [-0.15, -0.1) is 0 Å². The number of ether oxygens (including phenoxy) is 1. The first-order valence-electron chi connectivity index (χ1n) is 10.7. The third-order valence-electron chi connectivity index (χ3n) is 6.78. The molecule has 2 atom stereocenters. The van der Waals surface area contributed by atoms with E-state index in [0.717, 1.165) is 51.1 Å². The Kier molecular flexibility index (Phi) is 4.92. The zero-order chi connectivity index (χ0) is 19.8. The van der Waals surface area contributed by atoms with Crippen molar-refractivity contribution in [3.05, 3.63) is 65.2 Å². The molecule has 2 aliphatic heterocycles. The Labute approximate surface area is 172 Å². The van der Waals surface area contributed by atoms with E-state index in [1.807, 2.05) is 35.2 Å². The minimum absolute atomic E-state index is 0.152. The van der Waals surface area contributed by atoms with Gasteiger partial charge in [-0.2, -0.15) is 0 Å². The van der Waals surface area contributed by atoms with Crippen LogP contribution in [0.4, 0.5) is 10.5 Å². The summed E-state index contributed by atoms with van der Waals surface area (Å²) in [5.41, 5.74) is 5.09. The minimum Gasteiger partial charge on any atom is -0.445 e. The van der Waals surface area contributed by atoms with E-state index in [1.54, 1.807) is 0 Å². The number of benzene rings is 2. The number of nitrogens with zero attached hydrogens (tertiary/aromatic N) is 3. The van der Waals surface area contributed by atoms with E-state index in [9.17, 15) is 4.79 Å². The van der Waals surface area contributed by atoms with Crippen molar-refractivity contribution in [1.82, 2.24) is 9.80 Å². The van der Waals surface area contributed by atoms with Crippen molar-refractivity contribution in [3.63, 3.8) is 0 Å². The Morgan fingerprint density at radius 3 is 2.59 bits per heavy atom. The third kappa shape index (κ3) is 3.60. The fourth-order valence-corrected chi connectivity index (χ4v) is 5.05. The molecule has 0 spiro atoms. The lowest BCUT2D eigenvalue weighted by molar-refractivity contribution is 0.0694. The number of carbonyl (C=O) groups is 1. The second-order valence-corrected chi connectivity index (χ2v) is 8.57. The lowest BCUT2D eigenvalue weighted by Gasteiger charge is -2.35. The average molecular weight is 392 g/mol. The Morgan fingerprint density at radius 2 is 1.79 bits per heavy atom. The number of carbonyl (C=O) groups excluding carboxylic acids is 1. The van der Waals surface area contributed by atoms with Crippen LogP contribution >= 0.6 is 0 Å². The molecule has 2 aromatic carbocycles. The molecule has 0 aromatic heterocycles. The number of rotatable bonds is 3. The molecule has 3 aliphatic rings. The molecule has 5 heteroatoms. The van der Waals surface area contributed by atoms with Crippen LogP contribution in [0.25, 0.3) is 0 Å². The van der Waals surface area contributed by atoms with E-state index >= 15 is 0 Å². The van der Waals surface area contributed by atoms with Crippen molar-refractivity contribution in [2.75, 3.05) is 44.7 Å². The van der Waals surface area contributed by atoms with Crippen LogP contribution in [0.3, 0.4) is 0 Å². The fraction of sp³-hybridized carbons (Fsp3) is 0.458. The molecule has 2 fully saturated rings. The minimum atomic E-state index is -0.185. The molecule has 152 valence electrons. The van der Waals surface area contributed by atoms with Gasteiger partial charge in [0.2, 0.25) is 0 Å². The Hall–Kier alpha value is -2.53. The molecule has 5 rings (SSSR count). The Bertz CT molecular complexity index is 877. The summed E-state index contributed by atoms with van der Waals surface area (Å²) in [6, 6.07) is 17.0.